The largest absolute Gasteiger partial charge is 0.324 e. The van der Waals surface area contributed by atoms with E-state index in [0.29, 0.717) is 6.54 Å². The lowest BCUT2D eigenvalue weighted by Gasteiger charge is -2.33. The van der Waals surface area contributed by atoms with Crippen molar-refractivity contribution >= 4 is 11.6 Å². The molecule has 0 unspecified atom stereocenters. The number of carbonyl (C=O) groups is 1. The maximum absolute atomic E-state index is 12.4. The number of para-hydroxylation sites is 1. The average molecular weight is 303 g/mol. The van der Waals surface area contributed by atoms with Crippen LogP contribution in [0, 0.1) is 0 Å². The highest BCUT2D eigenvalue weighted by Crippen LogP contribution is 2.22. The molecular formula is C18H29N3O. The van der Waals surface area contributed by atoms with Gasteiger partial charge in [0.2, 0.25) is 5.91 Å². The van der Waals surface area contributed by atoms with Crippen LogP contribution in [0.4, 0.5) is 5.69 Å². The average Bonchev–Trinajstić information content (AvgIpc) is 2.55. The minimum absolute atomic E-state index is 0.112. The molecule has 1 fully saturated rings. The third-order valence-corrected chi connectivity index (χ3v) is 4.54. The van der Waals surface area contributed by atoms with Crippen molar-refractivity contribution in [2.45, 2.75) is 33.6 Å². The molecule has 1 aromatic carbocycles. The number of benzene rings is 1. The standard InChI is InChI=1S/C18H29N3O/c1-4-15-8-7-9-16(5-2)18(15)19-17(22)14-21-12-10-20(6-3)11-13-21/h7-9H,4-6,10-14H2,1-3H3,(H,19,22). The Kier molecular flexibility index (Phi) is 6.40. The minimum Gasteiger partial charge on any atom is -0.324 e. The molecule has 1 amide bonds. The highest BCUT2D eigenvalue weighted by molar-refractivity contribution is 5.93. The van der Waals surface area contributed by atoms with Gasteiger partial charge in [0, 0.05) is 31.9 Å². The van der Waals surface area contributed by atoms with E-state index in [9.17, 15) is 4.79 Å². The van der Waals surface area contributed by atoms with Crippen LogP contribution in [0.25, 0.3) is 0 Å². The van der Waals surface area contributed by atoms with Crippen molar-refractivity contribution < 1.29 is 4.79 Å². The molecule has 0 radical (unpaired) electrons. The van der Waals surface area contributed by atoms with Gasteiger partial charge in [0.15, 0.2) is 0 Å². The number of hydrogen-bond donors (Lipinski definition) is 1. The van der Waals surface area contributed by atoms with E-state index in [2.05, 4.69) is 54.1 Å². The molecule has 1 N–H and O–H groups in total. The summed E-state index contributed by atoms with van der Waals surface area (Å²) in [4.78, 5) is 17.1. The first-order chi connectivity index (χ1) is 10.7. The molecule has 1 heterocycles. The van der Waals surface area contributed by atoms with Gasteiger partial charge in [-0.3, -0.25) is 9.69 Å². The van der Waals surface area contributed by atoms with Gasteiger partial charge in [0.05, 0.1) is 6.54 Å². The maximum Gasteiger partial charge on any atom is 0.238 e. The number of amides is 1. The van der Waals surface area contributed by atoms with Crippen molar-refractivity contribution in [1.82, 2.24) is 9.80 Å². The quantitative estimate of drug-likeness (QED) is 0.876. The Morgan fingerprint density at radius 2 is 1.55 bits per heavy atom. The number of piperazine rings is 1. The predicted molar refractivity (Wildman–Crippen MR) is 92.4 cm³/mol. The molecule has 0 bridgehead atoms. The fourth-order valence-corrected chi connectivity index (χ4v) is 3.05. The van der Waals surface area contributed by atoms with Crippen molar-refractivity contribution in [3.8, 4) is 0 Å². The number of nitrogens with zero attached hydrogens (tertiary/aromatic N) is 2. The number of carbonyl (C=O) groups excluding carboxylic acids is 1. The van der Waals surface area contributed by atoms with Crippen molar-refractivity contribution in [3.63, 3.8) is 0 Å². The van der Waals surface area contributed by atoms with E-state index in [4.69, 9.17) is 0 Å². The smallest absolute Gasteiger partial charge is 0.238 e. The number of likely N-dealkylation sites (N-methyl/N-ethyl adjacent to an activating group) is 1. The molecule has 2 rings (SSSR count). The molecule has 1 aromatic rings. The van der Waals surface area contributed by atoms with Gasteiger partial charge in [-0.25, -0.2) is 0 Å². The SMILES string of the molecule is CCc1cccc(CC)c1NC(=O)CN1CCN(CC)CC1. The van der Waals surface area contributed by atoms with Crippen LogP contribution in [-0.4, -0.2) is 55.0 Å². The molecule has 0 spiro atoms. The Morgan fingerprint density at radius 1 is 1.00 bits per heavy atom. The summed E-state index contributed by atoms with van der Waals surface area (Å²) in [6.07, 6.45) is 1.89. The second-order valence-electron chi connectivity index (χ2n) is 5.92. The number of rotatable bonds is 6. The van der Waals surface area contributed by atoms with E-state index in [-0.39, 0.29) is 5.91 Å². The zero-order valence-corrected chi connectivity index (χ0v) is 14.2. The fraction of sp³-hybridized carbons (Fsp3) is 0.611. The summed E-state index contributed by atoms with van der Waals surface area (Å²) in [5, 5.41) is 3.16. The second kappa shape index (κ2) is 8.30. The van der Waals surface area contributed by atoms with Crippen LogP contribution >= 0.6 is 0 Å². The van der Waals surface area contributed by atoms with Crippen molar-refractivity contribution in [2.24, 2.45) is 0 Å². The molecule has 4 nitrogen and oxygen atoms in total. The molecule has 1 aliphatic heterocycles. The lowest BCUT2D eigenvalue weighted by Crippen LogP contribution is -2.48. The fourth-order valence-electron chi connectivity index (χ4n) is 3.05. The van der Waals surface area contributed by atoms with Crippen LogP contribution in [0.15, 0.2) is 18.2 Å². The highest BCUT2D eigenvalue weighted by atomic mass is 16.2. The normalized spacial score (nSPS) is 16.7. The van der Waals surface area contributed by atoms with Gasteiger partial charge < -0.3 is 10.2 Å². The molecule has 4 heteroatoms. The van der Waals surface area contributed by atoms with Crippen LogP contribution in [0.5, 0.6) is 0 Å². The van der Waals surface area contributed by atoms with Gasteiger partial charge in [-0.2, -0.15) is 0 Å². The Hall–Kier alpha value is -1.39. The van der Waals surface area contributed by atoms with Gasteiger partial charge in [0.25, 0.3) is 0 Å². The summed E-state index contributed by atoms with van der Waals surface area (Å²) in [6, 6.07) is 6.29. The number of anilines is 1. The maximum atomic E-state index is 12.4. The van der Waals surface area contributed by atoms with E-state index in [1.165, 1.54) is 11.1 Å². The predicted octanol–water partition coefficient (Wildman–Crippen LogP) is 2.39. The van der Waals surface area contributed by atoms with E-state index in [0.717, 1.165) is 51.3 Å². The second-order valence-corrected chi connectivity index (χ2v) is 5.92. The third-order valence-electron chi connectivity index (χ3n) is 4.54. The Balaban J connectivity index is 1.95. The summed E-state index contributed by atoms with van der Waals surface area (Å²) in [5.74, 6) is 0.112. The molecule has 22 heavy (non-hydrogen) atoms. The molecule has 0 aliphatic carbocycles. The van der Waals surface area contributed by atoms with Crippen molar-refractivity contribution in [2.75, 3.05) is 44.6 Å². The summed E-state index contributed by atoms with van der Waals surface area (Å²) < 4.78 is 0. The van der Waals surface area contributed by atoms with Gasteiger partial charge >= 0.3 is 0 Å². The van der Waals surface area contributed by atoms with Crippen molar-refractivity contribution in [1.29, 1.82) is 0 Å². The van der Waals surface area contributed by atoms with Crippen molar-refractivity contribution in [3.05, 3.63) is 29.3 Å². The summed E-state index contributed by atoms with van der Waals surface area (Å²) >= 11 is 0. The van der Waals surface area contributed by atoms with Gasteiger partial charge in [-0.15, -0.1) is 0 Å². The molecule has 0 saturated carbocycles. The van der Waals surface area contributed by atoms with Crippen LogP contribution in [0.2, 0.25) is 0 Å². The summed E-state index contributed by atoms with van der Waals surface area (Å²) in [5.41, 5.74) is 3.48. The Labute approximate surface area is 134 Å². The number of hydrogen-bond acceptors (Lipinski definition) is 3. The van der Waals surface area contributed by atoms with E-state index in [1.54, 1.807) is 0 Å². The van der Waals surface area contributed by atoms with Crippen LogP contribution in [0.1, 0.15) is 31.9 Å². The molecule has 0 atom stereocenters. The Bertz CT molecular complexity index is 471. The summed E-state index contributed by atoms with van der Waals surface area (Å²) in [6.45, 7) is 12.2. The number of aryl methyl sites for hydroxylation is 2. The van der Waals surface area contributed by atoms with Gasteiger partial charge in [-0.05, 0) is 30.5 Å². The number of nitrogens with one attached hydrogen (secondary N) is 1. The van der Waals surface area contributed by atoms with Crippen LogP contribution in [-0.2, 0) is 17.6 Å². The summed E-state index contributed by atoms with van der Waals surface area (Å²) in [7, 11) is 0. The van der Waals surface area contributed by atoms with E-state index < -0.39 is 0 Å². The minimum atomic E-state index is 0.112. The van der Waals surface area contributed by atoms with Gasteiger partial charge in [0.1, 0.15) is 0 Å². The monoisotopic (exact) mass is 303 g/mol. The van der Waals surface area contributed by atoms with Crippen LogP contribution in [0.3, 0.4) is 0 Å². The van der Waals surface area contributed by atoms with E-state index in [1.807, 2.05) is 0 Å². The lowest BCUT2D eigenvalue weighted by atomic mass is 10.0. The lowest BCUT2D eigenvalue weighted by molar-refractivity contribution is -0.117. The molecule has 122 valence electrons. The van der Waals surface area contributed by atoms with E-state index >= 15 is 0 Å². The first-order valence-electron chi connectivity index (χ1n) is 8.53. The first-order valence-corrected chi connectivity index (χ1v) is 8.53. The zero-order valence-electron chi connectivity index (χ0n) is 14.2. The topological polar surface area (TPSA) is 35.6 Å². The molecular weight excluding hydrogens is 274 g/mol. The first kappa shape index (κ1) is 17.0. The highest BCUT2D eigenvalue weighted by Gasteiger charge is 2.18. The molecule has 1 saturated heterocycles. The van der Waals surface area contributed by atoms with Crippen LogP contribution < -0.4 is 5.32 Å². The molecule has 1 aliphatic rings. The molecule has 0 aromatic heterocycles. The van der Waals surface area contributed by atoms with Gasteiger partial charge in [-0.1, -0.05) is 39.0 Å². The Morgan fingerprint density at radius 3 is 2.05 bits per heavy atom. The zero-order chi connectivity index (χ0) is 15.9. The third kappa shape index (κ3) is 4.31.